The number of aromatic nitrogens is 2. The highest BCUT2D eigenvalue weighted by molar-refractivity contribution is 6.20. The monoisotopic (exact) mass is 726 g/mol. The van der Waals surface area contributed by atoms with E-state index in [1.807, 2.05) is 18.2 Å². The van der Waals surface area contributed by atoms with Crippen molar-refractivity contribution in [3.63, 3.8) is 0 Å². The maximum atomic E-state index is 5.15. The average molecular weight is 727 g/mol. The highest BCUT2D eigenvalue weighted by Gasteiger charge is 2.35. The van der Waals surface area contributed by atoms with E-state index in [0.29, 0.717) is 5.82 Å². The molecule has 57 heavy (non-hydrogen) atoms. The molecule has 268 valence electrons. The number of hydrogen-bond acceptors (Lipinski definition) is 2. The van der Waals surface area contributed by atoms with Gasteiger partial charge in [-0.05, 0) is 95.0 Å². The van der Waals surface area contributed by atoms with Crippen molar-refractivity contribution >= 4 is 32.3 Å². The van der Waals surface area contributed by atoms with Crippen LogP contribution in [0.1, 0.15) is 25.0 Å². The first-order chi connectivity index (χ1) is 28.0. The molecule has 0 spiro atoms. The Labute approximate surface area is 332 Å². The minimum Gasteiger partial charge on any atom is -0.228 e. The molecule has 0 fully saturated rings. The number of hydrogen-bond donors (Lipinski definition) is 0. The maximum Gasteiger partial charge on any atom is 0.160 e. The largest absolute Gasteiger partial charge is 0.228 e. The molecule has 2 heteroatoms. The van der Waals surface area contributed by atoms with Gasteiger partial charge in [0.25, 0.3) is 0 Å². The van der Waals surface area contributed by atoms with Gasteiger partial charge in [0.05, 0.1) is 11.4 Å². The average Bonchev–Trinajstić information content (AvgIpc) is 3.51. The van der Waals surface area contributed by atoms with Gasteiger partial charge < -0.3 is 0 Å². The molecule has 0 N–H and O–H groups in total. The van der Waals surface area contributed by atoms with E-state index in [2.05, 4.69) is 190 Å². The van der Waals surface area contributed by atoms with E-state index in [4.69, 9.17) is 9.97 Å². The predicted octanol–water partition coefficient (Wildman–Crippen LogP) is 14.6. The van der Waals surface area contributed by atoms with E-state index in [1.54, 1.807) is 0 Å². The molecule has 0 saturated carbocycles. The molecule has 1 aliphatic rings. The summed E-state index contributed by atoms with van der Waals surface area (Å²) in [5, 5.41) is 7.55. The standard InChI is InChI=1S/C55H38N2/c1-55(2)49-19-11-10-18-45(49)48-32-41(29-31-50(48)55)35-20-22-37(23-21-35)51-34-52(57-54(56-51)40-13-4-3-5-14-40)38-24-26-39(27-25-38)53-44-17-9-7-15-42(44)33-47-43-16-8-6-12-36(43)28-30-46(47)53/h3-34H,1-2H3. The normalized spacial score (nSPS) is 12.9. The first-order valence-corrected chi connectivity index (χ1v) is 19.7. The van der Waals surface area contributed by atoms with Crippen LogP contribution in [0.5, 0.6) is 0 Å². The SMILES string of the molecule is CC1(C)c2ccccc2-c2cc(-c3ccc(-c4cc(-c5ccc(-c6c7ccccc7cc7c6ccc6ccccc67)cc5)nc(-c5ccccc5)n4)cc3)ccc21. The molecule has 0 amide bonds. The molecule has 11 rings (SSSR count). The fourth-order valence-electron chi connectivity index (χ4n) is 9.13. The Bertz CT molecular complexity index is 3180. The van der Waals surface area contributed by atoms with Crippen LogP contribution in [0, 0.1) is 0 Å². The lowest BCUT2D eigenvalue weighted by Gasteiger charge is -2.21. The zero-order valence-electron chi connectivity index (χ0n) is 31.9. The molecule has 1 aliphatic carbocycles. The van der Waals surface area contributed by atoms with Crippen molar-refractivity contribution in [2.24, 2.45) is 0 Å². The van der Waals surface area contributed by atoms with Gasteiger partial charge >= 0.3 is 0 Å². The van der Waals surface area contributed by atoms with Crippen LogP contribution in [0.2, 0.25) is 0 Å². The number of fused-ring (bicyclic) bond motifs is 7. The van der Waals surface area contributed by atoms with Crippen LogP contribution in [0.25, 0.3) is 99.6 Å². The Hall–Kier alpha value is -7.16. The van der Waals surface area contributed by atoms with Crippen LogP contribution in [0.15, 0.2) is 194 Å². The van der Waals surface area contributed by atoms with Crippen molar-refractivity contribution in [2.45, 2.75) is 19.3 Å². The summed E-state index contributed by atoms with van der Waals surface area (Å²) in [6.07, 6.45) is 0. The van der Waals surface area contributed by atoms with Crippen molar-refractivity contribution in [1.29, 1.82) is 0 Å². The summed E-state index contributed by atoms with van der Waals surface area (Å²) in [7, 11) is 0. The molecule has 10 aromatic rings. The fraction of sp³-hybridized carbons (Fsp3) is 0.0545. The highest BCUT2D eigenvalue weighted by Crippen LogP contribution is 2.49. The molecule has 1 aromatic heterocycles. The molecular formula is C55H38N2. The van der Waals surface area contributed by atoms with E-state index in [9.17, 15) is 0 Å². The van der Waals surface area contributed by atoms with Crippen LogP contribution in [0.4, 0.5) is 0 Å². The molecular weight excluding hydrogens is 689 g/mol. The quantitative estimate of drug-likeness (QED) is 0.130. The lowest BCUT2D eigenvalue weighted by Crippen LogP contribution is -2.14. The molecule has 0 radical (unpaired) electrons. The zero-order valence-corrected chi connectivity index (χ0v) is 31.9. The van der Waals surface area contributed by atoms with Crippen molar-refractivity contribution in [3.05, 3.63) is 205 Å². The minimum absolute atomic E-state index is 0.00451. The van der Waals surface area contributed by atoms with Gasteiger partial charge in [0.1, 0.15) is 0 Å². The maximum absolute atomic E-state index is 5.15. The third kappa shape index (κ3) is 5.48. The Morgan fingerprint density at radius 3 is 1.67 bits per heavy atom. The first-order valence-electron chi connectivity index (χ1n) is 19.7. The molecule has 1 heterocycles. The van der Waals surface area contributed by atoms with Gasteiger partial charge in [0.2, 0.25) is 0 Å². The molecule has 2 nitrogen and oxygen atoms in total. The third-order valence-electron chi connectivity index (χ3n) is 12.1. The lowest BCUT2D eigenvalue weighted by atomic mass is 9.82. The van der Waals surface area contributed by atoms with E-state index in [0.717, 1.165) is 28.1 Å². The topological polar surface area (TPSA) is 25.8 Å². The van der Waals surface area contributed by atoms with E-state index in [1.165, 1.54) is 76.8 Å². The second kappa shape index (κ2) is 13.0. The second-order valence-electron chi connectivity index (χ2n) is 15.8. The number of benzene rings is 9. The smallest absolute Gasteiger partial charge is 0.160 e. The highest BCUT2D eigenvalue weighted by atomic mass is 14.9. The van der Waals surface area contributed by atoms with Crippen LogP contribution >= 0.6 is 0 Å². The minimum atomic E-state index is -0.00451. The Morgan fingerprint density at radius 1 is 0.333 bits per heavy atom. The van der Waals surface area contributed by atoms with Crippen LogP contribution < -0.4 is 0 Å². The molecule has 0 saturated heterocycles. The third-order valence-corrected chi connectivity index (χ3v) is 12.1. The molecule has 0 atom stereocenters. The summed E-state index contributed by atoms with van der Waals surface area (Å²) in [5.74, 6) is 0.711. The molecule has 9 aromatic carbocycles. The van der Waals surface area contributed by atoms with Gasteiger partial charge in [-0.25, -0.2) is 9.97 Å². The van der Waals surface area contributed by atoms with Crippen molar-refractivity contribution in [2.75, 3.05) is 0 Å². The van der Waals surface area contributed by atoms with Gasteiger partial charge in [0, 0.05) is 22.1 Å². The van der Waals surface area contributed by atoms with Crippen molar-refractivity contribution < 1.29 is 0 Å². The Kier molecular flexibility index (Phi) is 7.55. The van der Waals surface area contributed by atoms with Crippen molar-refractivity contribution in [1.82, 2.24) is 9.97 Å². The van der Waals surface area contributed by atoms with Gasteiger partial charge in [-0.2, -0.15) is 0 Å². The summed E-state index contributed by atoms with van der Waals surface area (Å²) < 4.78 is 0. The van der Waals surface area contributed by atoms with Crippen LogP contribution in [-0.4, -0.2) is 9.97 Å². The zero-order chi connectivity index (χ0) is 38.1. The Morgan fingerprint density at radius 2 is 0.912 bits per heavy atom. The molecule has 0 unspecified atom stereocenters. The summed E-state index contributed by atoms with van der Waals surface area (Å²) >= 11 is 0. The van der Waals surface area contributed by atoms with Gasteiger partial charge in [-0.15, -0.1) is 0 Å². The number of nitrogens with zero attached hydrogens (tertiary/aromatic N) is 2. The summed E-state index contributed by atoms with van der Waals surface area (Å²) in [5.41, 5.74) is 15.2. The predicted molar refractivity (Wildman–Crippen MR) is 239 cm³/mol. The van der Waals surface area contributed by atoms with Gasteiger partial charge in [-0.3, -0.25) is 0 Å². The summed E-state index contributed by atoms with van der Waals surface area (Å²) in [6, 6.07) is 70.2. The first kappa shape index (κ1) is 33.2. The van der Waals surface area contributed by atoms with Gasteiger partial charge in [0.15, 0.2) is 5.82 Å². The lowest BCUT2D eigenvalue weighted by molar-refractivity contribution is 0.660. The Balaban J connectivity index is 0.987. The van der Waals surface area contributed by atoms with Crippen LogP contribution in [-0.2, 0) is 5.41 Å². The summed E-state index contributed by atoms with van der Waals surface area (Å²) in [6.45, 7) is 4.66. The van der Waals surface area contributed by atoms with Gasteiger partial charge in [-0.1, -0.05) is 190 Å². The van der Waals surface area contributed by atoms with Crippen LogP contribution in [0.3, 0.4) is 0 Å². The van der Waals surface area contributed by atoms with E-state index in [-0.39, 0.29) is 5.41 Å². The molecule has 0 bridgehead atoms. The fourth-order valence-corrected chi connectivity index (χ4v) is 9.13. The van der Waals surface area contributed by atoms with E-state index < -0.39 is 0 Å². The van der Waals surface area contributed by atoms with Crippen molar-refractivity contribution in [3.8, 4) is 67.3 Å². The van der Waals surface area contributed by atoms with E-state index >= 15 is 0 Å². The summed E-state index contributed by atoms with van der Waals surface area (Å²) in [4.78, 5) is 10.3. The number of rotatable bonds is 5. The second-order valence-corrected chi connectivity index (χ2v) is 15.8. The molecule has 0 aliphatic heterocycles.